The number of carbonyl (C=O) groups excluding carboxylic acids is 2. The second kappa shape index (κ2) is 13.7. The van der Waals surface area contributed by atoms with E-state index in [2.05, 4.69) is 0 Å². The van der Waals surface area contributed by atoms with Crippen LogP contribution in [0.3, 0.4) is 0 Å². The van der Waals surface area contributed by atoms with E-state index in [1.54, 1.807) is 29.2 Å². The predicted molar refractivity (Wildman–Crippen MR) is 158 cm³/mol. The van der Waals surface area contributed by atoms with E-state index in [1.807, 2.05) is 54.2 Å². The third kappa shape index (κ3) is 6.94. The van der Waals surface area contributed by atoms with Crippen LogP contribution in [0.1, 0.15) is 26.9 Å². The molecule has 3 aromatic carbocycles. The summed E-state index contributed by atoms with van der Waals surface area (Å²) >= 11 is 1.48. The van der Waals surface area contributed by atoms with E-state index < -0.39 is 11.4 Å². The number of likely N-dealkylation sites (N-methyl/N-ethyl adjacent to an activating group) is 1. The number of rotatable bonds is 11. The van der Waals surface area contributed by atoms with E-state index >= 15 is 0 Å². The number of thioether (sulfide) groups is 1. The van der Waals surface area contributed by atoms with Gasteiger partial charge in [0.25, 0.3) is 5.91 Å². The first-order valence-electron chi connectivity index (χ1n) is 13.2. The van der Waals surface area contributed by atoms with Crippen molar-refractivity contribution < 1.29 is 28.2 Å². The molecule has 2 atom stereocenters. The number of amides is 2. The molecule has 1 fully saturated rings. The molecular weight excluding hydrogens is 545 g/mol. The molecule has 218 valence electrons. The molecule has 1 heterocycles. The number of methoxy groups -OCH3 is 3. The lowest BCUT2D eigenvalue weighted by Gasteiger charge is -2.33. The van der Waals surface area contributed by atoms with Crippen LogP contribution >= 0.6 is 11.8 Å². The molecule has 4 rings (SSSR count). The van der Waals surface area contributed by atoms with Crippen molar-refractivity contribution in [2.75, 3.05) is 54.3 Å². The molecule has 0 spiro atoms. The van der Waals surface area contributed by atoms with Crippen LogP contribution in [0.2, 0.25) is 0 Å². The number of halogens is 1. The van der Waals surface area contributed by atoms with Crippen molar-refractivity contribution in [3.05, 3.63) is 89.2 Å². The quantitative estimate of drug-likeness (QED) is 0.325. The third-order valence-electron chi connectivity index (χ3n) is 6.93. The fourth-order valence-electron chi connectivity index (χ4n) is 4.78. The minimum atomic E-state index is -0.743. The molecule has 0 bridgehead atoms. The molecule has 2 unspecified atom stereocenters. The maximum absolute atomic E-state index is 14.3. The Balaban J connectivity index is 1.75. The number of ether oxygens (including phenoxy) is 3. The number of benzene rings is 3. The molecular formula is C31H36FN3O5S. The second-order valence-corrected chi connectivity index (χ2v) is 11.0. The van der Waals surface area contributed by atoms with Gasteiger partial charge in [-0.3, -0.25) is 9.59 Å². The number of hydrogen-bond acceptors (Lipinski definition) is 7. The first kappa shape index (κ1) is 30.2. The van der Waals surface area contributed by atoms with Crippen molar-refractivity contribution in [1.29, 1.82) is 0 Å². The molecule has 0 radical (unpaired) electrons. The van der Waals surface area contributed by atoms with Crippen LogP contribution in [0.25, 0.3) is 0 Å². The van der Waals surface area contributed by atoms with Crippen molar-refractivity contribution in [3.8, 4) is 17.2 Å². The molecule has 1 aliphatic rings. The normalized spacial score (nSPS) is 16.5. The number of nitrogens with zero attached hydrogens (tertiary/aromatic N) is 3. The molecule has 10 heteroatoms. The molecule has 1 saturated heterocycles. The highest BCUT2D eigenvalue weighted by molar-refractivity contribution is 7.99. The predicted octanol–water partition coefficient (Wildman–Crippen LogP) is 4.70. The summed E-state index contributed by atoms with van der Waals surface area (Å²) in [6, 6.07) is 18.3. The first-order chi connectivity index (χ1) is 19.8. The van der Waals surface area contributed by atoms with Gasteiger partial charge in [0.2, 0.25) is 11.7 Å². The van der Waals surface area contributed by atoms with Crippen LogP contribution in [0.4, 0.5) is 4.39 Å². The van der Waals surface area contributed by atoms with Gasteiger partial charge in [-0.15, -0.1) is 11.8 Å². The average molecular weight is 582 g/mol. The smallest absolute Gasteiger partial charge is 0.256 e. The Bertz CT molecular complexity index is 1310. The van der Waals surface area contributed by atoms with Crippen molar-refractivity contribution in [2.45, 2.75) is 18.0 Å². The van der Waals surface area contributed by atoms with Crippen molar-refractivity contribution >= 4 is 23.6 Å². The van der Waals surface area contributed by atoms with Crippen molar-refractivity contribution in [1.82, 2.24) is 14.7 Å². The topological polar surface area (TPSA) is 71.6 Å². The molecule has 3 aromatic rings. The highest BCUT2D eigenvalue weighted by atomic mass is 32.2. The zero-order valence-corrected chi connectivity index (χ0v) is 24.8. The fourth-order valence-corrected chi connectivity index (χ4v) is 6.21. The van der Waals surface area contributed by atoms with Crippen molar-refractivity contribution in [2.24, 2.45) is 0 Å². The summed E-state index contributed by atoms with van der Waals surface area (Å²) in [5.74, 6) is 0.541. The lowest BCUT2D eigenvalue weighted by Crippen LogP contribution is -2.50. The minimum Gasteiger partial charge on any atom is -0.493 e. The summed E-state index contributed by atoms with van der Waals surface area (Å²) in [7, 11) is 8.38. The Morgan fingerprint density at radius 3 is 2.12 bits per heavy atom. The Morgan fingerprint density at radius 2 is 1.56 bits per heavy atom. The third-order valence-corrected chi connectivity index (χ3v) is 8.26. The van der Waals surface area contributed by atoms with Gasteiger partial charge in [0, 0.05) is 31.0 Å². The van der Waals surface area contributed by atoms with E-state index in [0.29, 0.717) is 42.6 Å². The van der Waals surface area contributed by atoms with E-state index in [9.17, 15) is 14.0 Å². The van der Waals surface area contributed by atoms with Crippen LogP contribution in [0, 0.1) is 5.82 Å². The average Bonchev–Trinajstić information content (AvgIpc) is 3.43. The Kier molecular flexibility index (Phi) is 10.1. The maximum atomic E-state index is 14.3. The van der Waals surface area contributed by atoms with E-state index in [-0.39, 0.29) is 23.2 Å². The molecule has 0 aromatic heterocycles. The second-order valence-electron chi connectivity index (χ2n) is 9.93. The van der Waals surface area contributed by atoms with Crippen LogP contribution in [-0.4, -0.2) is 86.8 Å². The summed E-state index contributed by atoms with van der Waals surface area (Å²) in [4.78, 5) is 34.0. The monoisotopic (exact) mass is 581 g/mol. The van der Waals surface area contributed by atoms with Gasteiger partial charge in [0.15, 0.2) is 11.5 Å². The molecule has 1 aliphatic heterocycles. The maximum Gasteiger partial charge on any atom is 0.256 e. The molecule has 0 aliphatic carbocycles. The SMILES string of the molecule is COc1cc(C(=O)N2C(C(=O)N(CCN(C)C)Cc3ccccc3)CSC2c2ccc(F)cc2)cc(OC)c1OC. The van der Waals surface area contributed by atoms with E-state index in [0.717, 1.165) is 11.1 Å². The van der Waals surface area contributed by atoms with Gasteiger partial charge in [-0.1, -0.05) is 42.5 Å². The minimum absolute atomic E-state index is 0.145. The van der Waals surface area contributed by atoms with Gasteiger partial charge in [0.1, 0.15) is 17.2 Å². The van der Waals surface area contributed by atoms with Gasteiger partial charge in [-0.25, -0.2) is 4.39 Å². The zero-order chi connectivity index (χ0) is 29.5. The lowest BCUT2D eigenvalue weighted by molar-refractivity contribution is -0.136. The number of carbonyl (C=O) groups is 2. The van der Waals surface area contributed by atoms with Gasteiger partial charge < -0.3 is 28.9 Å². The first-order valence-corrected chi connectivity index (χ1v) is 14.3. The Morgan fingerprint density at radius 1 is 0.927 bits per heavy atom. The Hall–Kier alpha value is -3.76. The molecule has 0 N–H and O–H groups in total. The Labute approximate surface area is 245 Å². The molecule has 2 amide bonds. The van der Waals surface area contributed by atoms with Crippen LogP contribution < -0.4 is 14.2 Å². The lowest BCUT2D eigenvalue weighted by atomic mass is 10.1. The molecule has 8 nitrogen and oxygen atoms in total. The van der Waals surface area contributed by atoms with Gasteiger partial charge in [0.05, 0.1) is 21.3 Å². The standard InChI is InChI=1S/C31H36FN3O5S/c1-33(2)15-16-34(19-21-9-7-6-8-10-21)30(37)25-20-41-31(22-11-13-24(32)14-12-22)35(25)29(36)23-17-26(38-3)28(40-5)27(18-23)39-4/h6-14,17-18,25,31H,15-16,19-20H2,1-5H3. The van der Waals surface area contributed by atoms with Crippen LogP contribution in [0.15, 0.2) is 66.7 Å². The summed E-state index contributed by atoms with van der Waals surface area (Å²) in [6.07, 6.45) is 0. The van der Waals surface area contributed by atoms with Crippen LogP contribution in [-0.2, 0) is 11.3 Å². The molecule has 41 heavy (non-hydrogen) atoms. The van der Waals surface area contributed by atoms with Crippen molar-refractivity contribution in [3.63, 3.8) is 0 Å². The number of hydrogen-bond donors (Lipinski definition) is 0. The summed E-state index contributed by atoms with van der Waals surface area (Å²) in [5.41, 5.74) is 2.02. The highest BCUT2D eigenvalue weighted by Gasteiger charge is 2.44. The van der Waals surface area contributed by atoms with Gasteiger partial charge >= 0.3 is 0 Å². The largest absolute Gasteiger partial charge is 0.493 e. The molecule has 0 saturated carbocycles. The van der Waals surface area contributed by atoms with E-state index in [4.69, 9.17) is 14.2 Å². The fraction of sp³-hybridized carbons (Fsp3) is 0.355. The zero-order valence-electron chi connectivity index (χ0n) is 24.0. The highest BCUT2D eigenvalue weighted by Crippen LogP contribution is 2.44. The summed E-state index contributed by atoms with van der Waals surface area (Å²) < 4.78 is 30.2. The summed E-state index contributed by atoms with van der Waals surface area (Å²) in [6.45, 7) is 1.58. The van der Waals surface area contributed by atoms with E-state index in [1.165, 1.54) is 45.2 Å². The van der Waals surface area contributed by atoms with Gasteiger partial charge in [-0.05, 0) is 49.5 Å². The van der Waals surface area contributed by atoms with Gasteiger partial charge in [-0.2, -0.15) is 0 Å². The van der Waals surface area contributed by atoms with Crippen LogP contribution in [0.5, 0.6) is 17.2 Å². The summed E-state index contributed by atoms with van der Waals surface area (Å²) in [5, 5.41) is -0.497.